The van der Waals surface area contributed by atoms with Gasteiger partial charge < -0.3 is 0 Å². The fourth-order valence-corrected chi connectivity index (χ4v) is 4.44. The number of H-pyrrole nitrogens is 1. The molecule has 0 fully saturated rings. The highest BCUT2D eigenvalue weighted by atomic mass is 16.2. The molecule has 2 amide bonds. The molecule has 0 bridgehead atoms. The number of aromatic nitrogens is 3. The van der Waals surface area contributed by atoms with Crippen LogP contribution in [0.5, 0.6) is 0 Å². The molecule has 1 aliphatic heterocycles. The Hall–Kier alpha value is -3.74. The van der Waals surface area contributed by atoms with Crippen LogP contribution in [0, 0.1) is 13.8 Å². The van der Waals surface area contributed by atoms with E-state index in [0.717, 1.165) is 17.5 Å². The number of imide groups is 1. The normalized spacial score (nSPS) is 14.2. The van der Waals surface area contributed by atoms with Crippen LogP contribution in [0.4, 0.5) is 0 Å². The number of hydrogen-bond donors (Lipinski definition) is 1. The van der Waals surface area contributed by atoms with Gasteiger partial charge in [0, 0.05) is 22.9 Å². The number of carbonyl (C=O) groups excluding carboxylic acids is 2. The molecule has 3 aromatic rings. The summed E-state index contributed by atoms with van der Waals surface area (Å²) < 4.78 is 3.14. The lowest BCUT2D eigenvalue weighted by Gasteiger charge is -2.17. The van der Waals surface area contributed by atoms with Gasteiger partial charge in [-0.3, -0.25) is 24.4 Å². The van der Waals surface area contributed by atoms with E-state index in [4.69, 9.17) is 0 Å². The Balaban J connectivity index is 2.06. The zero-order valence-corrected chi connectivity index (χ0v) is 19.7. The number of rotatable bonds is 6. The van der Waals surface area contributed by atoms with Crippen LogP contribution in [0.25, 0.3) is 17.0 Å². The fourth-order valence-electron chi connectivity index (χ4n) is 4.44. The molecular formula is C26H29N4O3+. The molecule has 0 spiro atoms. The molecule has 3 heterocycles. The summed E-state index contributed by atoms with van der Waals surface area (Å²) in [5.41, 5.74) is 3.53. The lowest BCUT2D eigenvalue weighted by Crippen LogP contribution is -2.42. The van der Waals surface area contributed by atoms with Crippen molar-refractivity contribution in [2.24, 2.45) is 0 Å². The zero-order chi connectivity index (χ0) is 23.9. The Labute approximate surface area is 193 Å². The number of pyridine rings is 1. The predicted molar refractivity (Wildman–Crippen MR) is 127 cm³/mol. The third-order valence-corrected chi connectivity index (χ3v) is 5.74. The van der Waals surface area contributed by atoms with Crippen molar-refractivity contribution in [2.75, 3.05) is 0 Å². The number of para-hydroxylation sites is 1. The van der Waals surface area contributed by atoms with E-state index in [1.165, 1.54) is 9.58 Å². The highest BCUT2D eigenvalue weighted by Gasteiger charge is 2.48. The first-order chi connectivity index (χ1) is 15.7. The van der Waals surface area contributed by atoms with Crippen LogP contribution in [0.2, 0.25) is 0 Å². The number of carbonyl (C=O) groups is 2. The molecule has 7 heteroatoms. The van der Waals surface area contributed by atoms with E-state index in [1.54, 1.807) is 18.4 Å². The molecule has 0 unspecified atom stereocenters. The first-order valence-corrected chi connectivity index (χ1v) is 11.3. The summed E-state index contributed by atoms with van der Waals surface area (Å²) in [6.45, 7) is 9.49. The van der Waals surface area contributed by atoms with E-state index < -0.39 is 11.8 Å². The minimum absolute atomic E-state index is 0.156. The van der Waals surface area contributed by atoms with Gasteiger partial charge >= 0.3 is 5.91 Å². The molecule has 170 valence electrons. The van der Waals surface area contributed by atoms with Crippen LogP contribution in [-0.2, 0) is 16.0 Å². The van der Waals surface area contributed by atoms with Crippen molar-refractivity contribution < 1.29 is 14.2 Å². The topological polar surface area (TPSA) is 79.1 Å². The van der Waals surface area contributed by atoms with Crippen molar-refractivity contribution in [3.05, 3.63) is 81.5 Å². The van der Waals surface area contributed by atoms with E-state index in [0.29, 0.717) is 17.8 Å². The van der Waals surface area contributed by atoms with Crippen molar-refractivity contribution in [2.45, 2.75) is 53.5 Å². The van der Waals surface area contributed by atoms with E-state index in [9.17, 15) is 14.4 Å². The van der Waals surface area contributed by atoms with Crippen LogP contribution in [0.3, 0.4) is 0 Å². The van der Waals surface area contributed by atoms with Crippen molar-refractivity contribution in [1.82, 2.24) is 14.7 Å². The number of aryl methyl sites for hydroxylation is 3. The maximum Gasteiger partial charge on any atom is 0.327 e. The first-order valence-electron chi connectivity index (χ1n) is 11.3. The summed E-state index contributed by atoms with van der Waals surface area (Å²) in [6.07, 6.45) is 4.98. The highest BCUT2D eigenvalue weighted by Crippen LogP contribution is 2.31. The minimum Gasteiger partial charge on any atom is -0.294 e. The number of aromatic amines is 1. The van der Waals surface area contributed by atoms with E-state index in [1.807, 2.05) is 69.6 Å². The van der Waals surface area contributed by atoms with Crippen LogP contribution >= 0.6 is 0 Å². The average Bonchev–Trinajstić information content (AvgIpc) is 3.20. The maximum atomic E-state index is 13.7. The number of hydrogen-bond acceptors (Lipinski definition) is 3. The van der Waals surface area contributed by atoms with Gasteiger partial charge in [0.15, 0.2) is 12.4 Å². The largest absolute Gasteiger partial charge is 0.327 e. The molecule has 1 N–H and O–H groups in total. The molecule has 0 radical (unpaired) electrons. The summed E-state index contributed by atoms with van der Waals surface area (Å²) in [5.74, 6) is -0.834. The van der Waals surface area contributed by atoms with E-state index >= 15 is 0 Å². The van der Waals surface area contributed by atoms with Crippen LogP contribution in [0.1, 0.15) is 49.6 Å². The summed E-state index contributed by atoms with van der Waals surface area (Å²) in [6, 6.07) is 10.9. The van der Waals surface area contributed by atoms with Gasteiger partial charge in [-0.1, -0.05) is 31.5 Å². The summed E-state index contributed by atoms with van der Waals surface area (Å²) in [7, 11) is 0. The molecule has 2 aromatic heterocycles. The zero-order valence-electron chi connectivity index (χ0n) is 19.7. The Morgan fingerprint density at radius 3 is 2.18 bits per heavy atom. The Morgan fingerprint density at radius 2 is 1.61 bits per heavy atom. The second-order valence-corrected chi connectivity index (χ2v) is 8.79. The number of nitrogens with zero attached hydrogens (tertiary/aromatic N) is 3. The smallest absolute Gasteiger partial charge is 0.294 e. The monoisotopic (exact) mass is 445 g/mol. The molecule has 0 saturated heterocycles. The van der Waals surface area contributed by atoms with Gasteiger partial charge in [-0.15, -0.1) is 0 Å². The van der Waals surface area contributed by atoms with Gasteiger partial charge in [-0.05, 0) is 52.3 Å². The molecule has 0 saturated carbocycles. The second kappa shape index (κ2) is 8.65. The van der Waals surface area contributed by atoms with Gasteiger partial charge in [0.25, 0.3) is 17.2 Å². The summed E-state index contributed by atoms with van der Waals surface area (Å²) in [5, 5.41) is 3.20. The van der Waals surface area contributed by atoms with E-state index in [2.05, 4.69) is 5.10 Å². The number of benzene rings is 1. The average molecular weight is 446 g/mol. The summed E-state index contributed by atoms with van der Waals surface area (Å²) >= 11 is 0. The lowest BCUT2D eigenvalue weighted by atomic mass is 10.0. The SMILES string of the molecule is CCCc1[nH]n(-c2ccccc2)c(=O)c1C1=C([n+]2cc(C)cc(C)c2)C(=O)N(C(C)C)C1=O. The Kier molecular flexibility index (Phi) is 5.89. The first kappa shape index (κ1) is 22.5. The predicted octanol–water partition coefficient (Wildman–Crippen LogP) is 3.17. The molecule has 0 atom stereocenters. The maximum absolute atomic E-state index is 13.7. The van der Waals surface area contributed by atoms with Gasteiger partial charge in [0.2, 0.25) is 0 Å². The van der Waals surface area contributed by atoms with Crippen molar-refractivity contribution in [3.8, 4) is 5.69 Å². The van der Waals surface area contributed by atoms with Gasteiger partial charge in [-0.25, -0.2) is 4.68 Å². The highest BCUT2D eigenvalue weighted by molar-refractivity contribution is 6.44. The van der Waals surface area contributed by atoms with Crippen LogP contribution in [-0.4, -0.2) is 32.5 Å². The second-order valence-electron chi connectivity index (χ2n) is 8.79. The van der Waals surface area contributed by atoms with Gasteiger partial charge in [0.05, 0.1) is 11.3 Å². The molecule has 0 aliphatic carbocycles. The van der Waals surface area contributed by atoms with Crippen molar-refractivity contribution >= 4 is 23.1 Å². The van der Waals surface area contributed by atoms with Crippen molar-refractivity contribution in [1.29, 1.82) is 0 Å². The quantitative estimate of drug-likeness (QED) is 0.468. The number of amides is 2. The molecule has 1 aromatic carbocycles. The molecular weight excluding hydrogens is 416 g/mol. The molecule has 7 nitrogen and oxygen atoms in total. The summed E-state index contributed by atoms with van der Waals surface area (Å²) in [4.78, 5) is 42.1. The van der Waals surface area contributed by atoms with Crippen LogP contribution < -0.4 is 10.1 Å². The molecule has 1 aliphatic rings. The third kappa shape index (κ3) is 3.84. The minimum atomic E-state index is -0.440. The molecule has 4 rings (SSSR count). The standard InChI is InChI=1S/C26H28N4O3/c1-6-10-20-21(25(32)30(27-20)19-11-8-7-9-12-19)22-23(26(33)29(16(2)3)24(22)31)28-14-17(4)13-18(5)15-28/h7-9,11-16H,6,10H2,1-5H3/p+1. The van der Waals surface area contributed by atoms with Gasteiger partial charge in [0.1, 0.15) is 5.57 Å². The van der Waals surface area contributed by atoms with Gasteiger partial charge in [-0.2, -0.15) is 4.57 Å². The fraction of sp³-hybridized carbons (Fsp3) is 0.308. The Bertz CT molecular complexity index is 1310. The molecule has 33 heavy (non-hydrogen) atoms. The number of nitrogens with one attached hydrogen (secondary N) is 1. The van der Waals surface area contributed by atoms with E-state index in [-0.39, 0.29) is 28.4 Å². The van der Waals surface area contributed by atoms with Crippen molar-refractivity contribution in [3.63, 3.8) is 0 Å². The third-order valence-electron chi connectivity index (χ3n) is 5.74. The lowest BCUT2D eigenvalue weighted by molar-refractivity contribution is -0.577. The van der Waals surface area contributed by atoms with Crippen LogP contribution in [0.15, 0.2) is 53.6 Å². The Morgan fingerprint density at radius 1 is 0.970 bits per heavy atom.